The summed E-state index contributed by atoms with van der Waals surface area (Å²) < 4.78 is 8.67. The first-order valence-corrected chi connectivity index (χ1v) is 15.5. The SMILES string of the molecule is Cc1ccc(-c2c(C(OC(C)(C)C)C(=O)O)c(C)c3c4c2cc(C)n4CCN3c2ncc(CN3CCCCC3)cn2)cc1. The fourth-order valence-electron chi connectivity index (χ4n) is 6.78. The van der Waals surface area contributed by atoms with Gasteiger partial charge in [-0.3, -0.25) is 4.90 Å². The maximum atomic E-state index is 13.0. The summed E-state index contributed by atoms with van der Waals surface area (Å²) in [6.07, 6.45) is 6.55. The van der Waals surface area contributed by atoms with Crippen LogP contribution in [0.15, 0.2) is 42.7 Å². The average Bonchev–Trinajstić information content (AvgIpc) is 3.31. The molecule has 0 amide bonds. The summed E-state index contributed by atoms with van der Waals surface area (Å²) >= 11 is 0. The first-order chi connectivity index (χ1) is 20.5. The van der Waals surface area contributed by atoms with E-state index < -0.39 is 17.7 Å². The molecule has 2 aliphatic rings. The molecule has 6 rings (SSSR count). The van der Waals surface area contributed by atoms with Crippen LogP contribution in [0.5, 0.6) is 0 Å². The third-order valence-corrected chi connectivity index (χ3v) is 8.73. The van der Waals surface area contributed by atoms with Crippen LogP contribution in [0.3, 0.4) is 0 Å². The van der Waals surface area contributed by atoms with E-state index in [0.717, 1.165) is 76.3 Å². The van der Waals surface area contributed by atoms with Crippen LogP contribution in [0.2, 0.25) is 0 Å². The monoisotopic (exact) mass is 581 g/mol. The third kappa shape index (κ3) is 5.66. The van der Waals surface area contributed by atoms with Crippen LogP contribution < -0.4 is 4.90 Å². The number of carbonyl (C=O) groups is 1. The molecule has 4 aromatic rings. The van der Waals surface area contributed by atoms with E-state index in [4.69, 9.17) is 14.7 Å². The van der Waals surface area contributed by atoms with E-state index in [2.05, 4.69) is 58.5 Å². The number of hydrogen-bond acceptors (Lipinski definition) is 6. The number of carboxylic acid groups (broad SMARTS) is 1. The van der Waals surface area contributed by atoms with Crippen LogP contribution in [-0.4, -0.2) is 55.7 Å². The van der Waals surface area contributed by atoms with Gasteiger partial charge in [0.1, 0.15) is 0 Å². The summed E-state index contributed by atoms with van der Waals surface area (Å²) in [6.45, 7) is 16.5. The van der Waals surface area contributed by atoms with Gasteiger partial charge >= 0.3 is 5.97 Å². The lowest BCUT2D eigenvalue weighted by Crippen LogP contribution is -2.32. The van der Waals surface area contributed by atoms with Gasteiger partial charge in [0.15, 0.2) is 6.10 Å². The Kier molecular flexibility index (Phi) is 7.77. The summed E-state index contributed by atoms with van der Waals surface area (Å²) in [5.41, 5.74) is 8.22. The molecule has 1 saturated heterocycles. The second kappa shape index (κ2) is 11.4. The highest BCUT2D eigenvalue weighted by Gasteiger charge is 2.36. The molecular formula is C35H43N5O3. The molecule has 8 nitrogen and oxygen atoms in total. The maximum absolute atomic E-state index is 13.0. The number of hydrogen-bond donors (Lipinski definition) is 1. The van der Waals surface area contributed by atoms with E-state index in [1.807, 2.05) is 40.1 Å². The normalized spacial score (nSPS) is 16.6. The van der Waals surface area contributed by atoms with Gasteiger partial charge in [0.2, 0.25) is 5.95 Å². The number of likely N-dealkylation sites (tertiary alicyclic amines) is 1. The Morgan fingerprint density at radius 1 is 0.977 bits per heavy atom. The van der Waals surface area contributed by atoms with Gasteiger partial charge in [0, 0.05) is 54.2 Å². The molecule has 1 N–H and O–H groups in total. The molecule has 0 aliphatic carbocycles. The van der Waals surface area contributed by atoms with Crippen molar-refractivity contribution < 1.29 is 14.6 Å². The molecule has 2 aromatic carbocycles. The Morgan fingerprint density at radius 3 is 2.28 bits per heavy atom. The molecule has 226 valence electrons. The number of ether oxygens (including phenoxy) is 1. The Labute approximate surface area is 254 Å². The van der Waals surface area contributed by atoms with Gasteiger partial charge in [-0.05, 0) is 90.2 Å². The minimum atomic E-state index is -1.16. The second-order valence-corrected chi connectivity index (χ2v) is 13.2. The van der Waals surface area contributed by atoms with E-state index in [1.54, 1.807) is 0 Å². The first kappa shape index (κ1) is 29.3. The van der Waals surface area contributed by atoms with Crippen LogP contribution in [0, 0.1) is 20.8 Å². The van der Waals surface area contributed by atoms with Crippen LogP contribution in [0.1, 0.15) is 74.1 Å². The van der Waals surface area contributed by atoms with Gasteiger partial charge in [0.25, 0.3) is 0 Å². The molecule has 0 saturated carbocycles. The average molecular weight is 582 g/mol. The van der Waals surface area contributed by atoms with Gasteiger partial charge in [-0.2, -0.15) is 0 Å². The zero-order chi connectivity index (χ0) is 30.5. The van der Waals surface area contributed by atoms with Crippen LogP contribution >= 0.6 is 0 Å². The van der Waals surface area contributed by atoms with E-state index in [9.17, 15) is 9.90 Å². The van der Waals surface area contributed by atoms with Crippen molar-refractivity contribution in [3.8, 4) is 11.1 Å². The largest absolute Gasteiger partial charge is 0.479 e. The van der Waals surface area contributed by atoms with E-state index >= 15 is 0 Å². The number of aryl methyl sites for hydroxylation is 2. The van der Waals surface area contributed by atoms with Gasteiger partial charge in [0.05, 0.1) is 16.8 Å². The molecule has 2 aromatic heterocycles. The molecule has 1 atom stereocenters. The highest BCUT2D eigenvalue weighted by Crippen LogP contribution is 2.49. The number of aromatic nitrogens is 3. The van der Waals surface area contributed by atoms with Crippen molar-refractivity contribution in [2.24, 2.45) is 0 Å². The van der Waals surface area contributed by atoms with Gasteiger partial charge in [-0.1, -0.05) is 36.2 Å². The van der Waals surface area contributed by atoms with Crippen LogP contribution in [0.25, 0.3) is 22.0 Å². The van der Waals surface area contributed by atoms with Crippen molar-refractivity contribution in [2.45, 2.75) is 85.6 Å². The van der Waals surface area contributed by atoms with Crippen LogP contribution in [0.4, 0.5) is 11.6 Å². The molecule has 0 spiro atoms. The fourth-order valence-corrected chi connectivity index (χ4v) is 6.78. The summed E-state index contributed by atoms with van der Waals surface area (Å²) in [5.74, 6) is -0.371. The molecule has 2 aliphatic heterocycles. The number of aliphatic carboxylic acids is 1. The highest BCUT2D eigenvalue weighted by molar-refractivity contribution is 6.08. The lowest BCUT2D eigenvalue weighted by atomic mass is 9.87. The molecule has 1 fully saturated rings. The fraction of sp³-hybridized carbons (Fsp3) is 0.457. The number of anilines is 2. The number of rotatable bonds is 7. The maximum Gasteiger partial charge on any atom is 0.337 e. The van der Waals surface area contributed by atoms with Crippen molar-refractivity contribution in [3.63, 3.8) is 0 Å². The summed E-state index contributed by atoms with van der Waals surface area (Å²) in [4.78, 5) is 27.3. The zero-order valence-electron chi connectivity index (χ0n) is 26.3. The van der Waals surface area contributed by atoms with E-state index in [0.29, 0.717) is 18.1 Å². The smallest absolute Gasteiger partial charge is 0.337 e. The molecule has 43 heavy (non-hydrogen) atoms. The number of carboxylic acids is 1. The first-order valence-electron chi connectivity index (χ1n) is 15.5. The molecule has 0 radical (unpaired) electrons. The van der Waals surface area contributed by atoms with Crippen molar-refractivity contribution in [2.75, 3.05) is 24.5 Å². The van der Waals surface area contributed by atoms with Crippen LogP contribution in [-0.2, 0) is 22.6 Å². The molecule has 1 unspecified atom stereocenters. The molecule has 8 heteroatoms. The van der Waals surface area contributed by atoms with Crippen molar-refractivity contribution in [1.82, 2.24) is 19.4 Å². The van der Waals surface area contributed by atoms with Gasteiger partial charge in [-0.25, -0.2) is 14.8 Å². The minimum Gasteiger partial charge on any atom is -0.479 e. The Hall–Kier alpha value is -3.75. The number of benzene rings is 2. The molecule has 0 bridgehead atoms. The molecule has 4 heterocycles. The standard InChI is InChI=1S/C35H43N5O3/c1-22-10-12-26(13-11-22)29-27-18-23(2)39-16-17-40(34-36-19-25(20-37-34)21-38-14-8-7-9-15-38)30(31(27)39)24(3)28(29)32(33(41)42)43-35(4,5)6/h10-13,18-20,32H,7-9,14-17,21H2,1-6H3,(H,41,42). The predicted octanol–water partition coefficient (Wildman–Crippen LogP) is 7.10. The highest BCUT2D eigenvalue weighted by atomic mass is 16.5. The second-order valence-electron chi connectivity index (χ2n) is 13.2. The Morgan fingerprint density at radius 2 is 1.65 bits per heavy atom. The summed E-state index contributed by atoms with van der Waals surface area (Å²) in [6, 6.07) is 10.5. The van der Waals surface area contributed by atoms with Crippen molar-refractivity contribution in [1.29, 1.82) is 0 Å². The third-order valence-electron chi connectivity index (χ3n) is 8.73. The van der Waals surface area contributed by atoms with E-state index in [1.165, 1.54) is 19.3 Å². The summed E-state index contributed by atoms with van der Waals surface area (Å²) in [5, 5.41) is 11.6. The zero-order valence-corrected chi connectivity index (χ0v) is 26.3. The van der Waals surface area contributed by atoms with Gasteiger partial charge in [-0.15, -0.1) is 0 Å². The lowest BCUT2D eigenvalue weighted by Gasteiger charge is -2.35. The number of piperidine rings is 1. The summed E-state index contributed by atoms with van der Waals surface area (Å²) in [7, 11) is 0. The van der Waals surface area contributed by atoms with E-state index in [-0.39, 0.29) is 0 Å². The number of nitrogens with zero attached hydrogens (tertiary/aromatic N) is 5. The van der Waals surface area contributed by atoms with Crippen molar-refractivity contribution >= 4 is 28.5 Å². The Bertz CT molecular complexity index is 1640. The topological polar surface area (TPSA) is 83.7 Å². The quantitative estimate of drug-likeness (QED) is 0.249. The predicted molar refractivity (Wildman–Crippen MR) is 171 cm³/mol. The Balaban J connectivity index is 1.54. The molecular weight excluding hydrogens is 538 g/mol. The lowest BCUT2D eigenvalue weighted by molar-refractivity contribution is -0.160. The van der Waals surface area contributed by atoms with Crippen molar-refractivity contribution in [3.05, 3.63) is 70.7 Å². The van der Waals surface area contributed by atoms with Gasteiger partial charge < -0.3 is 19.3 Å². The minimum absolute atomic E-state index is 0.634.